The fourth-order valence-electron chi connectivity index (χ4n) is 1.15. The number of aryl methyl sites for hydroxylation is 2. The molecule has 82 valence electrons. The first-order chi connectivity index (χ1) is 7.13. The van der Waals surface area contributed by atoms with Gasteiger partial charge in [-0.15, -0.1) is 11.6 Å². The Morgan fingerprint density at radius 1 is 1.33 bits per heavy atom. The van der Waals surface area contributed by atoms with Crippen molar-refractivity contribution >= 4 is 17.4 Å². The minimum atomic E-state index is 0.0144. The smallest absolute Gasteiger partial charge is 0.150 e. The van der Waals surface area contributed by atoms with Crippen LogP contribution >= 0.6 is 11.6 Å². The van der Waals surface area contributed by atoms with Crippen LogP contribution in [0.5, 0.6) is 5.75 Å². The van der Waals surface area contributed by atoms with Crippen LogP contribution in [0, 0.1) is 13.8 Å². The van der Waals surface area contributed by atoms with Crippen molar-refractivity contribution in [2.24, 2.45) is 0 Å². The zero-order valence-corrected chi connectivity index (χ0v) is 9.80. The fourth-order valence-corrected chi connectivity index (χ4v) is 1.29. The van der Waals surface area contributed by atoms with Gasteiger partial charge < -0.3 is 4.74 Å². The number of ether oxygens (including phenoxy) is 1. The lowest BCUT2D eigenvalue weighted by molar-refractivity contribution is -0.117. The number of benzene rings is 1. The van der Waals surface area contributed by atoms with Crippen LogP contribution in [-0.4, -0.2) is 18.3 Å². The van der Waals surface area contributed by atoms with Gasteiger partial charge in [0, 0.05) is 6.42 Å². The second-order valence-corrected chi connectivity index (χ2v) is 3.78. The van der Waals surface area contributed by atoms with E-state index >= 15 is 0 Å². The molecule has 0 aliphatic heterocycles. The van der Waals surface area contributed by atoms with E-state index in [2.05, 4.69) is 6.92 Å². The Morgan fingerprint density at radius 2 is 2.07 bits per heavy atom. The van der Waals surface area contributed by atoms with Gasteiger partial charge in [-0.3, -0.25) is 4.79 Å². The average Bonchev–Trinajstić information content (AvgIpc) is 2.23. The predicted molar refractivity (Wildman–Crippen MR) is 61.8 cm³/mol. The van der Waals surface area contributed by atoms with E-state index in [1.807, 2.05) is 25.1 Å². The molecule has 1 rings (SSSR count). The van der Waals surface area contributed by atoms with E-state index in [0.717, 1.165) is 5.75 Å². The molecular weight excluding hydrogens is 212 g/mol. The van der Waals surface area contributed by atoms with Gasteiger partial charge in [0.25, 0.3) is 0 Å². The second-order valence-electron chi connectivity index (χ2n) is 3.52. The van der Waals surface area contributed by atoms with E-state index in [-0.39, 0.29) is 11.7 Å². The number of hydrogen-bond donors (Lipinski definition) is 0. The molecule has 0 amide bonds. The first-order valence-electron chi connectivity index (χ1n) is 4.91. The van der Waals surface area contributed by atoms with Crippen LogP contribution in [-0.2, 0) is 4.79 Å². The van der Waals surface area contributed by atoms with Gasteiger partial charge >= 0.3 is 0 Å². The van der Waals surface area contributed by atoms with Gasteiger partial charge in [0.2, 0.25) is 0 Å². The molecule has 0 saturated carbocycles. The quantitative estimate of drug-likeness (QED) is 0.722. The SMILES string of the molecule is Cc1ccc(OCCC(=O)CCl)cc1C. The predicted octanol–water partition coefficient (Wildman–Crippen LogP) is 2.88. The van der Waals surface area contributed by atoms with Gasteiger partial charge in [0.05, 0.1) is 12.5 Å². The van der Waals surface area contributed by atoms with Crippen molar-refractivity contribution < 1.29 is 9.53 Å². The van der Waals surface area contributed by atoms with Gasteiger partial charge in [-0.1, -0.05) is 6.07 Å². The lowest BCUT2D eigenvalue weighted by Gasteiger charge is -2.07. The summed E-state index contributed by atoms with van der Waals surface area (Å²) in [5.41, 5.74) is 2.43. The van der Waals surface area contributed by atoms with E-state index < -0.39 is 0 Å². The first kappa shape index (κ1) is 12.1. The van der Waals surface area contributed by atoms with Gasteiger partial charge in [0.15, 0.2) is 5.78 Å². The fraction of sp³-hybridized carbons (Fsp3) is 0.417. The molecule has 1 aromatic rings. The third kappa shape index (κ3) is 3.92. The number of carbonyl (C=O) groups is 1. The lowest BCUT2D eigenvalue weighted by atomic mass is 10.1. The van der Waals surface area contributed by atoms with Crippen molar-refractivity contribution in [3.63, 3.8) is 0 Å². The van der Waals surface area contributed by atoms with Gasteiger partial charge in [-0.2, -0.15) is 0 Å². The Balaban J connectivity index is 2.44. The topological polar surface area (TPSA) is 26.3 Å². The molecule has 3 heteroatoms. The number of hydrogen-bond acceptors (Lipinski definition) is 2. The minimum Gasteiger partial charge on any atom is -0.493 e. The van der Waals surface area contributed by atoms with Crippen LogP contribution in [0.4, 0.5) is 0 Å². The van der Waals surface area contributed by atoms with Crippen LogP contribution < -0.4 is 4.74 Å². The van der Waals surface area contributed by atoms with E-state index in [0.29, 0.717) is 13.0 Å². The Bertz CT molecular complexity index is 347. The standard InChI is InChI=1S/C12H15ClO2/c1-9-3-4-12(7-10(9)2)15-6-5-11(14)8-13/h3-4,7H,5-6,8H2,1-2H3. The molecule has 1 aromatic carbocycles. The summed E-state index contributed by atoms with van der Waals surface area (Å²) >= 11 is 5.37. The van der Waals surface area contributed by atoms with Crippen molar-refractivity contribution in [1.82, 2.24) is 0 Å². The Hall–Kier alpha value is -1.02. The zero-order valence-electron chi connectivity index (χ0n) is 9.05. The molecule has 0 atom stereocenters. The van der Waals surface area contributed by atoms with Crippen LogP contribution in [0.1, 0.15) is 17.5 Å². The summed E-state index contributed by atoms with van der Waals surface area (Å²) in [6, 6.07) is 5.89. The van der Waals surface area contributed by atoms with Crippen molar-refractivity contribution in [3.05, 3.63) is 29.3 Å². The molecule has 0 spiro atoms. The number of ketones is 1. The van der Waals surface area contributed by atoms with E-state index in [1.54, 1.807) is 0 Å². The van der Waals surface area contributed by atoms with Crippen LogP contribution in [0.25, 0.3) is 0 Å². The number of alkyl halides is 1. The van der Waals surface area contributed by atoms with Crippen molar-refractivity contribution in [3.8, 4) is 5.75 Å². The molecular formula is C12H15ClO2. The normalized spacial score (nSPS) is 10.1. The molecule has 2 nitrogen and oxygen atoms in total. The Labute approximate surface area is 95.2 Å². The molecule has 0 aliphatic rings. The zero-order chi connectivity index (χ0) is 11.3. The number of rotatable bonds is 5. The van der Waals surface area contributed by atoms with Crippen LogP contribution in [0.15, 0.2) is 18.2 Å². The summed E-state index contributed by atoms with van der Waals surface area (Å²) in [5.74, 6) is 0.886. The molecule has 0 N–H and O–H groups in total. The molecule has 0 saturated heterocycles. The highest BCUT2D eigenvalue weighted by Crippen LogP contribution is 2.16. The largest absolute Gasteiger partial charge is 0.493 e. The second kappa shape index (κ2) is 5.76. The van der Waals surface area contributed by atoms with Crippen molar-refractivity contribution in [1.29, 1.82) is 0 Å². The Morgan fingerprint density at radius 3 is 2.67 bits per heavy atom. The van der Waals surface area contributed by atoms with E-state index in [1.165, 1.54) is 11.1 Å². The van der Waals surface area contributed by atoms with Gasteiger partial charge in [0.1, 0.15) is 5.75 Å². The maximum atomic E-state index is 10.9. The van der Waals surface area contributed by atoms with Crippen LogP contribution in [0.2, 0.25) is 0 Å². The molecule has 0 unspecified atom stereocenters. The van der Waals surface area contributed by atoms with Crippen LogP contribution in [0.3, 0.4) is 0 Å². The average molecular weight is 227 g/mol. The molecule has 0 radical (unpaired) electrons. The third-order valence-corrected chi connectivity index (χ3v) is 2.58. The molecule has 0 fully saturated rings. The highest BCUT2D eigenvalue weighted by molar-refractivity contribution is 6.27. The maximum Gasteiger partial charge on any atom is 0.150 e. The molecule has 0 aliphatic carbocycles. The highest BCUT2D eigenvalue weighted by atomic mass is 35.5. The maximum absolute atomic E-state index is 10.9. The molecule has 15 heavy (non-hydrogen) atoms. The summed E-state index contributed by atoms with van der Waals surface area (Å²) in [4.78, 5) is 10.9. The Kier molecular flexibility index (Phi) is 4.63. The monoisotopic (exact) mass is 226 g/mol. The summed E-state index contributed by atoms with van der Waals surface area (Å²) in [5, 5.41) is 0. The highest BCUT2D eigenvalue weighted by Gasteiger charge is 2.01. The van der Waals surface area contributed by atoms with Gasteiger partial charge in [-0.05, 0) is 37.1 Å². The molecule has 0 heterocycles. The lowest BCUT2D eigenvalue weighted by Crippen LogP contribution is -2.07. The van der Waals surface area contributed by atoms with E-state index in [9.17, 15) is 4.79 Å². The number of carbonyl (C=O) groups excluding carboxylic acids is 1. The first-order valence-corrected chi connectivity index (χ1v) is 5.44. The third-order valence-electron chi connectivity index (χ3n) is 2.28. The molecule has 0 bridgehead atoms. The minimum absolute atomic E-state index is 0.0144. The van der Waals surface area contributed by atoms with Gasteiger partial charge in [-0.25, -0.2) is 0 Å². The van der Waals surface area contributed by atoms with Crippen molar-refractivity contribution in [2.45, 2.75) is 20.3 Å². The molecule has 0 aromatic heterocycles. The summed E-state index contributed by atoms with van der Waals surface area (Å²) < 4.78 is 5.43. The number of halogens is 1. The summed E-state index contributed by atoms with van der Waals surface area (Å²) in [6.45, 7) is 4.48. The van der Waals surface area contributed by atoms with Crippen molar-refractivity contribution in [2.75, 3.05) is 12.5 Å². The summed E-state index contributed by atoms with van der Waals surface area (Å²) in [7, 11) is 0. The summed E-state index contributed by atoms with van der Waals surface area (Å²) in [6.07, 6.45) is 0.371. The van der Waals surface area contributed by atoms with E-state index in [4.69, 9.17) is 16.3 Å². The number of Topliss-reactive ketones (excluding diaryl/α,β-unsaturated/α-hetero) is 1.